The Morgan fingerprint density at radius 3 is 2.64 bits per heavy atom. The number of nitrogens with two attached hydrogens (primary N) is 1. The molecule has 1 heterocycles. The highest BCUT2D eigenvalue weighted by Gasteiger charge is 2.17. The maximum absolute atomic E-state index is 12.3. The summed E-state index contributed by atoms with van der Waals surface area (Å²) >= 11 is 0. The third-order valence-electron chi connectivity index (χ3n) is 3.51. The van der Waals surface area contributed by atoms with Crippen molar-refractivity contribution in [1.29, 1.82) is 0 Å². The van der Waals surface area contributed by atoms with Gasteiger partial charge in [-0.25, -0.2) is 9.78 Å². The molecular formula is C18H22N4O3. The van der Waals surface area contributed by atoms with Crippen LogP contribution < -0.4 is 21.1 Å². The number of carbonyl (C=O) groups excluding carboxylic acids is 2. The number of amides is 3. The first-order valence-corrected chi connectivity index (χ1v) is 8.04. The Kier molecular flexibility index (Phi) is 6.76. The molecule has 7 nitrogen and oxygen atoms in total. The normalized spacial score (nSPS) is 11.4. The summed E-state index contributed by atoms with van der Waals surface area (Å²) in [5.41, 5.74) is 6.82. The zero-order valence-electron chi connectivity index (χ0n) is 14.1. The predicted octanol–water partition coefficient (Wildman–Crippen LogP) is 1.90. The van der Waals surface area contributed by atoms with E-state index in [9.17, 15) is 9.59 Å². The Hall–Kier alpha value is -3.09. The van der Waals surface area contributed by atoms with Gasteiger partial charge in [0.25, 0.3) is 0 Å². The molecule has 2 rings (SSSR count). The molecule has 1 aromatic heterocycles. The maximum Gasteiger partial charge on any atom is 0.312 e. The van der Waals surface area contributed by atoms with Gasteiger partial charge in [0.2, 0.25) is 11.8 Å². The molecule has 0 spiro atoms. The van der Waals surface area contributed by atoms with Gasteiger partial charge in [0, 0.05) is 18.3 Å². The maximum atomic E-state index is 12.3. The third-order valence-corrected chi connectivity index (χ3v) is 3.51. The average Bonchev–Trinajstić information content (AvgIpc) is 2.61. The Labute approximate surface area is 146 Å². The lowest BCUT2D eigenvalue weighted by molar-refractivity contribution is -0.121. The highest BCUT2D eigenvalue weighted by atomic mass is 16.5. The number of rotatable bonds is 8. The van der Waals surface area contributed by atoms with Crippen LogP contribution >= 0.6 is 0 Å². The van der Waals surface area contributed by atoms with Crippen molar-refractivity contribution in [3.05, 3.63) is 59.8 Å². The van der Waals surface area contributed by atoms with Crippen LogP contribution in [0.2, 0.25) is 0 Å². The number of benzene rings is 1. The largest absolute Gasteiger partial charge is 0.478 e. The van der Waals surface area contributed by atoms with Crippen LogP contribution in [0.25, 0.3) is 0 Å². The number of pyridine rings is 1. The van der Waals surface area contributed by atoms with Crippen molar-refractivity contribution in [3.63, 3.8) is 0 Å². The Bertz CT molecular complexity index is 706. The van der Waals surface area contributed by atoms with Gasteiger partial charge in [0.15, 0.2) is 0 Å². The van der Waals surface area contributed by atoms with E-state index in [0.29, 0.717) is 19.0 Å². The van der Waals surface area contributed by atoms with Gasteiger partial charge in [0.1, 0.15) is 0 Å². The monoisotopic (exact) mass is 342 g/mol. The van der Waals surface area contributed by atoms with Crippen molar-refractivity contribution in [2.24, 2.45) is 5.73 Å². The van der Waals surface area contributed by atoms with Crippen LogP contribution in [0.5, 0.6) is 5.88 Å². The van der Waals surface area contributed by atoms with Crippen molar-refractivity contribution >= 4 is 11.9 Å². The number of hydrogen-bond acceptors (Lipinski definition) is 4. The molecule has 0 radical (unpaired) electrons. The van der Waals surface area contributed by atoms with Gasteiger partial charge in [-0.3, -0.25) is 4.79 Å². The molecule has 0 fully saturated rings. The number of nitrogens with one attached hydrogen (secondary N) is 2. The van der Waals surface area contributed by atoms with Crippen LogP contribution in [-0.2, 0) is 11.3 Å². The van der Waals surface area contributed by atoms with Crippen LogP contribution in [0.3, 0.4) is 0 Å². The molecule has 0 aliphatic heterocycles. The molecule has 4 N–H and O–H groups in total. The van der Waals surface area contributed by atoms with Gasteiger partial charge in [-0.15, -0.1) is 0 Å². The van der Waals surface area contributed by atoms with Gasteiger partial charge in [-0.2, -0.15) is 0 Å². The van der Waals surface area contributed by atoms with E-state index < -0.39 is 12.1 Å². The molecular weight excluding hydrogens is 320 g/mol. The van der Waals surface area contributed by atoms with Crippen LogP contribution in [-0.4, -0.2) is 23.5 Å². The topological polar surface area (TPSA) is 106 Å². The number of ether oxygens (including phenoxy) is 1. The van der Waals surface area contributed by atoms with Crippen molar-refractivity contribution in [2.45, 2.75) is 25.9 Å². The molecule has 0 unspecified atom stereocenters. The van der Waals surface area contributed by atoms with Crippen molar-refractivity contribution < 1.29 is 14.3 Å². The van der Waals surface area contributed by atoms with E-state index in [1.54, 1.807) is 12.3 Å². The molecule has 1 aromatic carbocycles. The number of urea groups is 1. The van der Waals surface area contributed by atoms with Gasteiger partial charge in [0.05, 0.1) is 19.1 Å². The highest BCUT2D eigenvalue weighted by molar-refractivity contribution is 5.78. The van der Waals surface area contributed by atoms with E-state index in [2.05, 4.69) is 15.6 Å². The fraction of sp³-hybridized carbons (Fsp3) is 0.278. The summed E-state index contributed by atoms with van der Waals surface area (Å²) in [6.07, 6.45) is 1.72. The van der Waals surface area contributed by atoms with Crippen LogP contribution in [0.1, 0.15) is 30.5 Å². The molecule has 25 heavy (non-hydrogen) atoms. The van der Waals surface area contributed by atoms with Crippen molar-refractivity contribution in [3.8, 4) is 5.88 Å². The molecule has 1 atom stereocenters. The zero-order valence-corrected chi connectivity index (χ0v) is 14.1. The summed E-state index contributed by atoms with van der Waals surface area (Å²) in [5, 5.41) is 5.42. The van der Waals surface area contributed by atoms with E-state index in [-0.39, 0.29) is 12.3 Å². The van der Waals surface area contributed by atoms with E-state index >= 15 is 0 Å². The quantitative estimate of drug-likeness (QED) is 0.681. The summed E-state index contributed by atoms with van der Waals surface area (Å²) in [5.74, 6) is 0.286. The number of carbonyl (C=O) groups is 2. The lowest BCUT2D eigenvalue weighted by atomic mass is 10.0. The third kappa shape index (κ3) is 5.80. The van der Waals surface area contributed by atoms with Crippen molar-refractivity contribution in [1.82, 2.24) is 15.6 Å². The van der Waals surface area contributed by atoms with Crippen LogP contribution in [0, 0.1) is 0 Å². The molecule has 0 bridgehead atoms. The molecule has 132 valence electrons. The second kappa shape index (κ2) is 9.27. The highest BCUT2D eigenvalue weighted by Crippen LogP contribution is 2.17. The summed E-state index contributed by atoms with van der Waals surface area (Å²) in [6.45, 7) is 2.66. The van der Waals surface area contributed by atoms with E-state index in [1.807, 2.05) is 43.3 Å². The molecule has 7 heteroatoms. The minimum atomic E-state index is -0.674. The average molecular weight is 342 g/mol. The summed E-state index contributed by atoms with van der Waals surface area (Å²) < 4.78 is 5.44. The standard InChI is InChI=1S/C18H22N4O3/c1-2-25-17-14(9-6-10-20-17)12-21-16(23)11-15(22-18(19)24)13-7-4-3-5-8-13/h3-10,15H,2,11-12H2,1H3,(H,21,23)(H3,19,22,24)/t15-/m0/s1. The molecule has 0 saturated heterocycles. The Balaban J connectivity index is 1.98. The second-order valence-electron chi connectivity index (χ2n) is 5.35. The van der Waals surface area contributed by atoms with Gasteiger partial charge in [-0.05, 0) is 18.6 Å². The summed E-state index contributed by atoms with van der Waals surface area (Å²) in [7, 11) is 0. The fourth-order valence-electron chi connectivity index (χ4n) is 2.39. The molecule has 3 amide bonds. The lowest BCUT2D eigenvalue weighted by Crippen LogP contribution is -2.36. The predicted molar refractivity (Wildman–Crippen MR) is 93.8 cm³/mol. The summed E-state index contributed by atoms with van der Waals surface area (Å²) in [4.78, 5) is 27.6. The molecule has 0 aliphatic rings. The minimum absolute atomic E-state index is 0.0805. The Morgan fingerprint density at radius 1 is 1.20 bits per heavy atom. The fourth-order valence-corrected chi connectivity index (χ4v) is 2.39. The van der Waals surface area contributed by atoms with E-state index in [4.69, 9.17) is 10.5 Å². The van der Waals surface area contributed by atoms with E-state index in [1.165, 1.54) is 0 Å². The van der Waals surface area contributed by atoms with Crippen LogP contribution in [0.4, 0.5) is 4.79 Å². The SMILES string of the molecule is CCOc1ncccc1CNC(=O)C[C@H](NC(N)=O)c1ccccc1. The zero-order chi connectivity index (χ0) is 18.1. The van der Waals surface area contributed by atoms with Crippen LogP contribution in [0.15, 0.2) is 48.7 Å². The number of aromatic nitrogens is 1. The first-order valence-electron chi connectivity index (χ1n) is 8.04. The number of nitrogens with zero attached hydrogens (tertiary/aromatic N) is 1. The number of primary amides is 1. The molecule has 0 saturated carbocycles. The van der Waals surface area contributed by atoms with Gasteiger partial charge in [-0.1, -0.05) is 36.4 Å². The first-order chi connectivity index (χ1) is 12.1. The Morgan fingerprint density at radius 2 is 1.96 bits per heavy atom. The molecule has 0 aliphatic carbocycles. The van der Waals surface area contributed by atoms with Gasteiger partial charge < -0.3 is 21.1 Å². The first kappa shape index (κ1) is 18.3. The second-order valence-corrected chi connectivity index (χ2v) is 5.35. The summed E-state index contributed by atoms with van der Waals surface area (Å²) in [6, 6.07) is 11.7. The van der Waals surface area contributed by atoms with Gasteiger partial charge >= 0.3 is 6.03 Å². The minimum Gasteiger partial charge on any atom is -0.478 e. The number of hydrogen-bond donors (Lipinski definition) is 3. The van der Waals surface area contributed by atoms with E-state index in [0.717, 1.165) is 11.1 Å². The lowest BCUT2D eigenvalue weighted by Gasteiger charge is -2.18. The molecule has 2 aromatic rings. The van der Waals surface area contributed by atoms with Crippen molar-refractivity contribution in [2.75, 3.05) is 6.61 Å². The smallest absolute Gasteiger partial charge is 0.312 e.